The molecule has 0 unspecified atom stereocenters. The Kier molecular flexibility index (Phi) is 2.87. The Labute approximate surface area is 74.5 Å². The van der Waals surface area contributed by atoms with E-state index in [0.717, 1.165) is 5.92 Å². The van der Waals surface area contributed by atoms with E-state index < -0.39 is 0 Å². The van der Waals surface area contributed by atoms with Gasteiger partial charge in [0.1, 0.15) is 0 Å². The maximum atomic E-state index is 2.55. The SMILES string of the molecule is CC(C)CN1CSC(C)(C)C1. The molecule has 1 aliphatic heterocycles. The normalized spacial score (nSPS) is 24.8. The average Bonchev–Trinajstić information content (AvgIpc) is 2.08. The topological polar surface area (TPSA) is 3.24 Å². The predicted octanol–water partition coefficient (Wildman–Crippen LogP) is 2.43. The monoisotopic (exact) mass is 173 g/mol. The Morgan fingerprint density at radius 2 is 2.09 bits per heavy atom. The second kappa shape index (κ2) is 3.36. The van der Waals surface area contributed by atoms with E-state index in [1.54, 1.807) is 0 Å². The van der Waals surface area contributed by atoms with Crippen molar-refractivity contribution in [2.75, 3.05) is 19.0 Å². The molecule has 0 aromatic heterocycles. The molecular formula is C9H19NS. The van der Waals surface area contributed by atoms with E-state index in [1.807, 2.05) is 0 Å². The summed E-state index contributed by atoms with van der Waals surface area (Å²) in [6.07, 6.45) is 0. The van der Waals surface area contributed by atoms with E-state index in [2.05, 4.69) is 44.4 Å². The molecule has 1 nitrogen and oxygen atoms in total. The molecule has 0 aromatic rings. The van der Waals surface area contributed by atoms with Crippen molar-refractivity contribution in [3.63, 3.8) is 0 Å². The molecule has 1 rings (SSSR count). The van der Waals surface area contributed by atoms with Crippen molar-refractivity contribution in [2.24, 2.45) is 5.92 Å². The van der Waals surface area contributed by atoms with Gasteiger partial charge in [-0.2, -0.15) is 0 Å². The second-order valence-corrected chi connectivity index (χ2v) is 6.09. The van der Waals surface area contributed by atoms with Crippen molar-refractivity contribution in [2.45, 2.75) is 32.4 Å². The summed E-state index contributed by atoms with van der Waals surface area (Å²) in [6.45, 7) is 11.8. The summed E-state index contributed by atoms with van der Waals surface area (Å²) >= 11 is 2.08. The summed E-state index contributed by atoms with van der Waals surface area (Å²) in [5, 5.41) is 0. The molecule has 0 atom stereocenters. The molecule has 0 amide bonds. The van der Waals surface area contributed by atoms with Gasteiger partial charge in [-0.05, 0) is 19.8 Å². The number of thioether (sulfide) groups is 1. The van der Waals surface area contributed by atoms with Crippen LogP contribution in [-0.4, -0.2) is 28.6 Å². The van der Waals surface area contributed by atoms with Gasteiger partial charge < -0.3 is 0 Å². The minimum Gasteiger partial charge on any atom is -0.293 e. The molecule has 11 heavy (non-hydrogen) atoms. The summed E-state index contributed by atoms with van der Waals surface area (Å²) in [5.41, 5.74) is 0. The van der Waals surface area contributed by atoms with Crippen molar-refractivity contribution in [1.82, 2.24) is 4.90 Å². The van der Waals surface area contributed by atoms with Crippen LogP contribution in [0.2, 0.25) is 0 Å². The maximum Gasteiger partial charge on any atom is 0.0450 e. The number of nitrogens with zero attached hydrogens (tertiary/aromatic N) is 1. The largest absolute Gasteiger partial charge is 0.293 e. The minimum absolute atomic E-state index is 0.495. The molecule has 0 bridgehead atoms. The number of rotatable bonds is 2. The highest BCUT2D eigenvalue weighted by molar-refractivity contribution is 8.00. The zero-order valence-electron chi connectivity index (χ0n) is 8.05. The summed E-state index contributed by atoms with van der Waals surface area (Å²) in [6, 6.07) is 0. The third-order valence-electron chi connectivity index (χ3n) is 1.87. The fourth-order valence-corrected chi connectivity index (χ4v) is 2.53. The van der Waals surface area contributed by atoms with Crippen LogP contribution in [0.25, 0.3) is 0 Å². The molecule has 1 fully saturated rings. The zero-order chi connectivity index (χ0) is 8.48. The first-order valence-corrected chi connectivity index (χ1v) is 5.34. The highest BCUT2D eigenvalue weighted by Crippen LogP contribution is 2.33. The molecule has 0 saturated carbocycles. The Balaban J connectivity index is 2.31. The lowest BCUT2D eigenvalue weighted by molar-refractivity contribution is 0.286. The summed E-state index contributed by atoms with van der Waals surface area (Å²) in [4.78, 5) is 2.55. The lowest BCUT2D eigenvalue weighted by Crippen LogP contribution is -2.29. The maximum absolute atomic E-state index is 2.55. The second-order valence-electron chi connectivity index (χ2n) is 4.44. The van der Waals surface area contributed by atoms with E-state index in [-0.39, 0.29) is 0 Å². The van der Waals surface area contributed by atoms with Crippen LogP contribution >= 0.6 is 11.8 Å². The average molecular weight is 173 g/mol. The lowest BCUT2D eigenvalue weighted by Gasteiger charge is -2.19. The van der Waals surface area contributed by atoms with E-state index in [4.69, 9.17) is 0 Å². The van der Waals surface area contributed by atoms with Crippen LogP contribution in [0.15, 0.2) is 0 Å². The Morgan fingerprint density at radius 1 is 1.45 bits per heavy atom. The van der Waals surface area contributed by atoms with Crippen molar-refractivity contribution in [3.8, 4) is 0 Å². The number of hydrogen-bond donors (Lipinski definition) is 0. The standard InChI is InChI=1S/C9H19NS/c1-8(2)5-10-6-9(3,4)11-7-10/h8H,5-7H2,1-4H3. The fraction of sp³-hybridized carbons (Fsp3) is 1.00. The molecule has 0 aromatic carbocycles. The first-order chi connectivity index (χ1) is 4.99. The molecule has 2 heteroatoms. The van der Waals surface area contributed by atoms with E-state index >= 15 is 0 Å². The van der Waals surface area contributed by atoms with Gasteiger partial charge in [0.2, 0.25) is 0 Å². The first kappa shape index (κ1) is 9.40. The molecule has 1 saturated heterocycles. The van der Waals surface area contributed by atoms with Gasteiger partial charge in [-0.3, -0.25) is 4.90 Å². The van der Waals surface area contributed by atoms with E-state index in [1.165, 1.54) is 19.0 Å². The van der Waals surface area contributed by atoms with Crippen molar-refractivity contribution in [3.05, 3.63) is 0 Å². The molecule has 0 N–H and O–H groups in total. The minimum atomic E-state index is 0.495. The van der Waals surface area contributed by atoms with Gasteiger partial charge in [0.05, 0.1) is 0 Å². The highest BCUT2D eigenvalue weighted by atomic mass is 32.2. The highest BCUT2D eigenvalue weighted by Gasteiger charge is 2.29. The van der Waals surface area contributed by atoms with Crippen LogP contribution in [0, 0.1) is 5.92 Å². The lowest BCUT2D eigenvalue weighted by atomic mass is 10.1. The molecule has 0 spiro atoms. The number of hydrogen-bond acceptors (Lipinski definition) is 2. The van der Waals surface area contributed by atoms with Gasteiger partial charge in [0.25, 0.3) is 0 Å². The van der Waals surface area contributed by atoms with Gasteiger partial charge in [-0.1, -0.05) is 13.8 Å². The van der Waals surface area contributed by atoms with Crippen LogP contribution in [0.3, 0.4) is 0 Å². The van der Waals surface area contributed by atoms with Gasteiger partial charge >= 0.3 is 0 Å². The summed E-state index contributed by atoms with van der Waals surface area (Å²) in [5.74, 6) is 2.04. The van der Waals surface area contributed by atoms with E-state index in [9.17, 15) is 0 Å². The van der Waals surface area contributed by atoms with Crippen molar-refractivity contribution >= 4 is 11.8 Å². The molecule has 0 radical (unpaired) electrons. The van der Waals surface area contributed by atoms with Crippen LogP contribution in [0.1, 0.15) is 27.7 Å². The van der Waals surface area contributed by atoms with Crippen molar-refractivity contribution < 1.29 is 0 Å². The fourth-order valence-electron chi connectivity index (χ4n) is 1.53. The molecular weight excluding hydrogens is 154 g/mol. The predicted molar refractivity (Wildman–Crippen MR) is 52.9 cm³/mol. The zero-order valence-corrected chi connectivity index (χ0v) is 8.87. The Morgan fingerprint density at radius 3 is 2.45 bits per heavy atom. The molecule has 1 aliphatic rings. The first-order valence-electron chi connectivity index (χ1n) is 4.36. The van der Waals surface area contributed by atoms with Gasteiger partial charge in [-0.25, -0.2) is 0 Å². The quantitative estimate of drug-likeness (QED) is 0.631. The smallest absolute Gasteiger partial charge is 0.0450 e. The third-order valence-corrected chi connectivity index (χ3v) is 3.27. The van der Waals surface area contributed by atoms with Gasteiger partial charge in [0, 0.05) is 23.7 Å². The third kappa shape index (κ3) is 3.04. The van der Waals surface area contributed by atoms with Crippen LogP contribution in [-0.2, 0) is 0 Å². The summed E-state index contributed by atoms with van der Waals surface area (Å²) in [7, 11) is 0. The molecule has 0 aliphatic carbocycles. The van der Waals surface area contributed by atoms with Gasteiger partial charge in [0.15, 0.2) is 0 Å². The molecule has 66 valence electrons. The van der Waals surface area contributed by atoms with E-state index in [0.29, 0.717) is 4.75 Å². The van der Waals surface area contributed by atoms with Gasteiger partial charge in [-0.15, -0.1) is 11.8 Å². The van der Waals surface area contributed by atoms with Crippen molar-refractivity contribution in [1.29, 1.82) is 0 Å². The van der Waals surface area contributed by atoms with Crippen LogP contribution < -0.4 is 0 Å². The Hall–Kier alpha value is 0.310. The molecule has 1 heterocycles. The Bertz CT molecular complexity index is 132. The summed E-state index contributed by atoms with van der Waals surface area (Å²) < 4.78 is 0.495. The van der Waals surface area contributed by atoms with Crippen LogP contribution in [0.4, 0.5) is 0 Å². The van der Waals surface area contributed by atoms with Crippen LogP contribution in [0.5, 0.6) is 0 Å².